The highest BCUT2D eigenvalue weighted by atomic mass is 16.2. The van der Waals surface area contributed by atoms with E-state index in [1.54, 1.807) is 23.1 Å². The van der Waals surface area contributed by atoms with E-state index in [4.69, 9.17) is 0 Å². The first kappa shape index (κ1) is 10.6. The van der Waals surface area contributed by atoms with E-state index >= 15 is 0 Å². The standard InChI is InChI=1S/C12H12N2O2/c1-9-5-6-12(16)14(9)11-4-2-3-10(7-11)13-8-15/h2-4,7,9H,5-6H2,1H3. The average Bonchev–Trinajstić information content (AvgIpc) is 2.59. The van der Waals surface area contributed by atoms with Crippen LogP contribution in [0.3, 0.4) is 0 Å². The Kier molecular flexibility index (Phi) is 2.84. The van der Waals surface area contributed by atoms with E-state index < -0.39 is 0 Å². The van der Waals surface area contributed by atoms with E-state index in [2.05, 4.69) is 4.99 Å². The van der Waals surface area contributed by atoms with Crippen molar-refractivity contribution in [3.63, 3.8) is 0 Å². The predicted octanol–water partition coefficient (Wildman–Crippen LogP) is 2.17. The summed E-state index contributed by atoms with van der Waals surface area (Å²) in [5.41, 5.74) is 1.32. The molecule has 4 heteroatoms. The van der Waals surface area contributed by atoms with Crippen LogP contribution in [-0.4, -0.2) is 18.0 Å². The van der Waals surface area contributed by atoms with E-state index in [1.165, 1.54) is 6.08 Å². The number of carbonyl (C=O) groups excluding carboxylic acids is 2. The number of carbonyl (C=O) groups is 1. The Morgan fingerprint density at radius 1 is 1.50 bits per heavy atom. The number of benzene rings is 1. The van der Waals surface area contributed by atoms with E-state index in [9.17, 15) is 9.59 Å². The molecule has 16 heavy (non-hydrogen) atoms. The summed E-state index contributed by atoms with van der Waals surface area (Å²) < 4.78 is 0. The highest BCUT2D eigenvalue weighted by Crippen LogP contribution is 2.28. The second kappa shape index (κ2) is 4.29. The van der Waals surface area contributed by atoms with Gasteiger partial charge < -0.3 is 4.90 Å². The highest BCUT2D eigenvalue weighted by molar-refractivity contribution is 5.96. The van der Waals surface area contributed by atoms with Gasteiger partial charge in [-0.2, -0.15) is 4.99 Å². The molecule has 2 rings (SSSR count). The molecular formula is C12H12N2O2. The molecule has 1 aromatic carbocycles. The highest BCUT2D eigenvalue weighted by Gasteiger charge is 2.28. The molecule has 0 N–H and O–H groups in total. The smallest absolute Gasteiger partial charge is 0.240 e. The SMILES string of the molecule is CC1CCC(=O)N1c1cccc(N=C=O)c1. The van der Waals surface area contributed by atoms with Crippen LogP contribution in [0.25, 0.3) is 0 Å². The van der Waals surface area contributed by atoms with Crippen LogP contribution >= 0.6 is 0 Å². The second-order valence-electron chi connectivity index (χ2n) is 3.87. The molecule has 1 aromatic rings. The van der Waals surface area contributed by atoms with Crippen molar-refractivity contribution >= 4 is 23.4 Å². The van der Waals surface area contributed by atoms with Crippen LogP contribution in [0, 0.1) is 0 Å². The van der Waals surface area contributed by atoms with Crippen molar-refractivity contribution in [2.24, 2.45) is 4.99 Å². The maximum Gasteiger partial charge on any atom is 0.240 e. The van der Waals surface area contributed by atoms with Gasteiger partial charge in [0.15, 0.2) is 0 Å². The maximum atomic E-state index is 11.7. The quantitative estimate of drug-likeness (QED) is 0.562. The summed E-state index contributed by atoms with van der Waals surface area (Å²) in [6.45, 7) is 2.01. The Labute approximate surface area is 93.6 Å². The Balaban J connectivity index is 2.36. The summed E-state index contributed by atoms with van der Waals surface area (Å²) in [6.07, 6.45) is 2.96. The number of aliphatic imine (C=N–C) groups is 1. The van der Waals surface area contributed by atoms with E-state index in [-0.39, 0.29) is 11.9 Å². The van der Waals surface area contributed by atoms with Crippen molar-refractivity contribution < 1.29 is 9.59 Å². The van der Waals surface area contributed by atoms with E-state index in [0.29, 0.717) is 12.1 Å². The number of nitrogens with zero attached hydrogens (tertiary/aromatic N) is 2. The monoisotopic (exact) mass is 216 g/mol. The number of rotatable bonds is 2. The lowest BCUT2D eigenvalue weighted by Gasteiger charge is -2.21. The first-order valence-electron chi connectivity index (χ1n) is 5.22. The maximum absolute atomic E-state index is 11.7. The summed E-state index contributed by atoms with van der Waals surface area (Å²) in [5, 5.41) is 0. The van der Waals surface area contributed by atoms with Crippen LogP contribution in [0.15, 0.2) is 29.3 Å². The Morgan fingerprint density at radius 2 is 2.31 bits per heavy atom. The summed E-state index contributed by atoms with van der Waals surface area (Å²) in [5.74, 6) is 0.125. The molecule has 0 radical (unpaired) electrons. The van der Waals surface area contributed by atoms with Gasteiger partial charge in [-0.3, -0.25) is 4.79 Å². The molecule has 1 atom stereocenters. The van der Waals surface area contributed by atoms with Gasteiger partial charge >= 0.3 is 0 Å². The lowest BCUT2D eigenvalue weighted by molar-refractivity contribution is -0.117. The van der Waals surface area contributed by atoms with Crippen LogP contribution in [0.5, 0.6) is 0 Å². The first-order chi connectivity index (χ1) is 7.72. The van der Waals surface area contributed by atoms with Gasteiger partial charge in [0.1, 0.15) is 0 Å². The van der Waals surface area contributed by atoms with Gasteiger partial charge in [-0.1, -0.05) is 6.07 Å². The molecule has 0 saturated carbocycles. The Bertz CT molecular complexity index is 464. The molecule has 4 nitrogen and oxygen atoms in total. The molecular weight excluding hydrogens is 204 g/mol. The van der Waals surface area contributed by atoms with Crippen molar-refractivity contribution in [2.75, 3.05) is 4.90 Å². The zero-order chi connectivity index (χ0) is 11.5. The van der Waals surface area contributed by atoms with E-state index in [1.807, 2.05) is 13.0 Å². The van der Waals surface area contributed by atoms with Crippen molar-refractivity contribution in [3.8, 4) is 0 Å². The fourth-order valence-corrected chi connectivity index (χ4v) is 1.99. The van der Waals surface area contributed by atoms with Gasteiger partial charge in [-0.15, -0.1) is 0 Å². The largest absolute Gasteiger partial charge is 0.310 e. The number of hydrogen-bond donors (Lipinski definition) is 0. The molecule has 0 aliphatic carbocycles. The summed E-state index contributed by atoms with van der Waals surface area (Å²) in [7, 11) is 0. The van der Waals surface area contributed by atoms with Crippen molar-refractivity contribution in [1.82, 2.24) is 0 Å². The Morgan fingerprint density at radius 3 is 2.94 bits per heavy atom. The second-order valence-corrected chi connectivity index (χ2v) is 3.87. The van der Waals surface area contributed by atoms with Gasteiger partial charge in [0, 0.05) is 18.2 Å². The fraction of sp³-hybridized carbons (Fsp3) is 0.333. The third kappa shape index (κ3) is 1.88. The molecule has 1 aliphatic heterocycles. The normalized spacial score (nSPS) is 19.7. The lowest BCUT2D eigenvalue weighted by Crippen LogP contribution is -2.30. The molecule has 0 bridgehead atoms. The van der Waals surface area contributed by atoms with Crippen molar-refractivity contribution in [3.05, 3.63) is 24.3 Å². The fourth-order valence-electron chi connectivity index (χ4n) is 1.99. The van der Waals surface area contributed by atoms with Crippen molar-refractivity contribution in [1.29, 1.82) is 0 Å². The van der Waals surface area contributed by atoms with Crippen LogP contribution in [0.4, 0.5) is 11.4 Å². The number of isocyanates is 1. The predicted molar refractivity (Wildman–Crippen MR) is 60.4 cm³/mol. The summed E-state index contributed by atoms with van der Waals surface area (Å²) >= 11 is 0. The number of anilines is 1. The molecule has 1 aliphatic rings. The number of amides is 1. The Hall–Kier alpha value is -1.93. The minimum Gasteiger partial charge on any atom is -0.310 e. The van der Waals surface area contributed by atoms with Gasteiger partial charge in [-0.25, -0.2) is 4.79 Å². The molecule has 1 heterocycles. The molecule has 0 spiro atoms. The average molecular weight is 216 g/mol. The minimum absolute atomic E-state index is 0.125. The summed E-state index contributed by atoms with van der Waals surface area (Å²) in [4.78, 5) is 27.1. The molecule has 1 fully saturated rings. The molecule has 0 aromatic heterocycles. The minimum atomic E-state index is 0.125. The first-order valence-corrected chi connectivity index (χ1v) is 5.22. The van der Waals surface area contributed by atoms with Crippen LogP contribution in [0.2, 0.25) is 0 Å². The van der Waals surface area contributed by atoms with Crippen LogP contribution < -0.4 is 4.90 Å². The van der Waals surface area contributed by atoms with Crippen LogP contribution in [0.1, 0.15) is 19.8 Å². The zero-order valence-corrected chi connectivity index (χ0v) is 9.01. The molecule has 82 valence electrons. The third-order valence-corrected chi connectivity index (χ3v) is 2.77. The number of hydrogen-bond acceptors (Lipinski definition) is 3. The van der Waals surface area contributed by atoms with Gasteiger partial charge in [-0.05, 0) is 31.5 Å². The third-order valence-electron chi connectivity index (χ3n) is 2.77. The van der Waals surface area contributed by atoms with Gasteiger partial charge in [0.25, 0.3) is 0 Å². The van der Waals surface area contributed by atoms with Crippen molar-refractivity contribution in [2.45, 2.75) is 25.8 Å². The lowest BCUT2D eigenvalue weighted by atomic mass is 10.2. The van der Waals surface area contributed by atoms with Gasteiger partial charge in [0.2, 0.25) is 12.0 Å². The van der Waals surface area contributed by atoms with E-state index in [0.717, 1.165) is 12.1 Å². The van der Waals surface area contributed by atoms with Crippen LogP contribution in [-0.2, 0) is 9.59 Å². The topological polar surface area (TPSA) is 49.7 Å². The molecule has 1 unspecified atom stereocenters. The van der Waals surface area contributed by atoms with Gasteiger partial charge in [0.05, 0.1) is 5.69 Å². The molecule has 1 saturated heterocycles. The zero-order valence-electron chi connectivity index (χ0n) is 9.01. The summed E-state index contributed by atoms with van der Waals surface area (Å²) in [6, 6.07) is 7.28. The molecule has 1 amide bonds.